The lowest BCUT2D eigenvalue weighted by Crippen LogP contribution is -2.09. The van der Waals surface area contributed by atoms with E-state index in [9.17, 15) is 10.1 Å². The maximum Gasteiger partial charge on any atom is 0.273 e. The van der Waals surface area contributed by atoms with Crippen LogP contribution in [0.5, 0.6) is 0 Å². The van der Waals surface area contributed by atoms with Gasteiger partial charge >= 0.3 is 0 Å². The van der Waals surface area contributed by atoms with E-state index in [1.807, 2.05) is 11.6 Å². The predicted octanol–water partition coefficient (Wildman–Crippen LogP) is 2.45. The molecule has 0 saturated carbocycles. The van der Waals surface area contributed by atoms with E-state index in [0.717, 1.165) is 17.9 Å². The van der Waals surface area contributed by atoms with Gasteiger partial charge in [0.05, 0.1) is 4.92 Å². The Balaban J connectivity index is 2.05. The summed E-state index contributed by atoms with van der Waals surface area (Å²) in [6, 6.07) is 3.28. The fraction of sp³-hybridized carbons (Fsp3) is 0.333. The third-order valence-corrected chi connectivity index (χ3v) is 3.61. The summed E-state index contributed by atoms with van der Waals surface area (Å²) in [6.45, 7) is 2.39. The van der Waals surface area contributed by atoms with Gasteiger partial charge in [-0.25, -0.2) is 0 Å². The van der Waals surface area contributed by atoms with Crippen LogP contribution in [-0.4, -0.2) is 26.2 Å². The van der Waals surface area contributed by atoms with Crippen molar-refractivity contribution in [2.24, 2.45) is 7.05 Å². The molecule has 7 nitrogen and oxygen atoms in total. The van der Waals surface area contributed by atoms with Crippen molar-refractivity contribution in [2.75, 3.05) is 11.9 Å². The predicted molar refractivity (Wildman–Crippen MR) is 78.7 cm³/mol. The largest absolute Gasteiger partial charge is 0.384 e. The zero-order chi connectivity index (χ0) is 14.7. The standard InChI is InChI=1S/C12H14BrN5O2/c1-8-5-10(9(13)6-11(8)18(19)20)14-4-3-12-16-15-7-17(12)2/h5-7,14H,3-4H2,1-2H3. The molecule has 1 aromatic heterocycles. The third kappa shape index (κ3) is 3.13. The van der Waals surface area contributed by atoms with E-state index >= 15 is 0 Å². The normalized spacial score (nSPS) is 10.6. The number of nitrogens with one attached hydrogen (secondary N) is 1. The highest BCUT2D eigenvalue weighted by atomic mass is 79.9. The number of nitrogens with zero attached hydrogens (tertiary/aromatic N) is 4. The number of rotatable bonds is 5. The van der Waals surface area contributed by atoms with Crippen LogP contribution in [0.3, 0.4) is 0 Å². The molecule has 106 valence electrons. The topological polar surface area (TPSA) is 85.9 Å². The van der Waals surface area contributed by atoms with Crippen molar-refractivity contribution < 1.29 is 4.92 Å². The van der Waals surface area contributed by atoms with Crippen molar-refractivity contribution in [2.45, 2.75) is 13.3 Å². The van der Waals surface area contributed by atoms with Gasteiger partial charge in [0.25, 0.3) is 5.69 Å². The maximum atomic E-state index is 10.8. The highest BCUT2D eigenvalue weighted by Crippen LogP contribution is 2.30. The first-order valence-electron chi connectivity index (χ1n) is 6.00. The summed E-state index contributed by atoms with van der Waals surface area (Å²) in [4.78, 5) is 10.5. The molecule has 1 N–H and O–H groups in total. The van der Waals surface area contributed by atoms with Gasteiger partial charge in [0.15, 0.2) is 0 Å². The van der Waals surface area contributed by atoms with Gasteiger partial charge in [-0.2, -0.15) is 0 Å². The third-order valence-electron chi connectivity index (χ3n) is 2.95. The van der Waals surface area contributed by atoms with E-state index in [2.05, 4.69) is 31.4 Å². The van der Waals surface area contributed by atoms with E-state index in [0.29, 0.717) is 16.6 Å². The quantitative estimate of drug-likeness (QED) is 0.667. The van der Waals surface area contributed by atoms with Gasteiger partial charge in [0, 0.05) is 41.8 Å². The Morgan fingerprint density at radius 2 is 2.25 bits per heavy atom. The summed E-state index contributed by atoms with van der Waals surface area (Å²) >= 11 is 3.34. The van der Waals surface area contributed by atoms with Crippen LogP contribution in [0.2, 0.25) is 0 Å². The first-order valence-corrected chi connectivity index (χ1v) is 6.79. The number of aryl methyl sites for hydroxylation is 2. The minimum Gasteiger partial charge on any atom is -0.384 e. The SMILES string of the molecule is Cc1cc(NCCc2nncn2C)c(Br)cc1[N+](=O)[O-]. The Hall–Kier alpha value is -1.96. The molecule has 0 aliphatic rings. The Bertz CT molecular complexity index is 641. The minimum absolute atomic E-state index is 0.107. The molecule has 0 aliphatic heterocycles. The van der Waals surface area contributed by atoms with E-state index < -0.39 is 0 Å². The number of aromatic nitrogens is 3. The first kappa shape index (κ1) is 14.4. The summed E-state index contributed by atoms with van der Waals surface area (Å²) in [5.41, 5.74) is 1.56. The fourth-order valence-electron chi connectivity index (χ4n) is 1.85. The van der Waals surface area contributed by atoms with Crippen LogP contribution in [0.15, 0.2) is 22.9 Å². The molecule has 0 fully saturated rings. The van der Waals surface area contributed by atoms with Crippen molar-refractivity contribution in [3.63, 3.8) is 0 Å². The molecule has 8 heteroatoms. The molecular formula is C12H14BrN5O2. The highest BCUT2D eigenvalue weighted by Gasteiger charge is 2.14. The summed E-state index contributed by atoms with van der Waals surface area (Å²) in [7, 11) is 1.89. The van der Waals surface area contributed by atoms with Crippen molar-refractivity contribution in [1.29, 1.82) is 0 Å². The second-order valence-corrected chi connectivity index (χ2v) is 5.26. The average Bonchev–Trinajstić information content (AvgIpc) is 2.78. The van der Waals surface area contributed by atoms with Gasteiger partial charge in [0.1, 0.15) is 12.2 Å². The number of hydrogen-bond acceptors (Lipinski definition) is 5. The Kier molecular flexibility index (Phi) is 4.33. The molecule has 0 saturated heterocycles. The first-order chi connectivity index (χ1) is 9.49. The van der Waals surface area contributed by atoms with Crippen LogP contribution < -0.4 is 5.32 Å². The van der Waals surface area contributed by atoms with E-state index in [1.54, 1.807) is 19.3 Å². The Morgan fingerprint density at radius 3 is 2.85 bits per heavy atom. The van der Waals surface area contributed by atoms with Crippen molar-refractivity contribution in [3.8, 4) is 0 Å². The van der Waals surface area contributed by atoms with Gasteiger partial charge in [-0.05, 0) is 28.9 Å². The summed E-state index contributed by atoms with van der Waals surface area (Å²) in [5, 5.41) is 21.9. The summed E-state index contributed by atoms with van der Waals surface area (Å²) in [6.07, 6.45) is 2.38. The van der Waals surface area contributed by atoms with Gasteiger partial charge < -0.3 is 9.88 Å². The minimum atomic E-state index is -0.385. The Labute approximate surface area is 124 Å². The number of nitro benzene ring substituents is 1. The van der Waals surface area contributed by atoms with Gasteiger partial charge in [0.2, 0.25) is 0 Å². The monoisotopic (exact) mass is 339 g/mol. The molecule has 0 atom stereocenters. The molecule has 1 aromatic carbocycles. The van der Waals surface area contributed by atoms with Crippen molar-refractivity contribution >= 4 is 27.3 Å². The molecule has 20 heavy (non-hydrogen) atoms. The number of halogens is 1. The molecule has 1 heterocycles. The molecule has 0 aliphatic carbocycles. The lowest BCUT2D eigenvalue weighted by Gasteiger charge is -2.09. The highest BCUT2D eigenvalue weighted by molar-refractivity contribution is 9.10. The van der Waals surface area contributed by atoms with E-state index in [-0.39, 0.29) is 10.6 Å². The fourth-order valence-corrected chi connectivity index (χ4v) is 2.32. The van der Waals surface area contributed by atoms with Crippen molar-refractivity contribution in [1.82, 2.24) is 14.8 Å². The van der Waals surface area contributed by atoms with Crippen LogP contribution in [0.25, 0.3) is 0 Å². The number of benzene rings is 1. The molecule has 0 radical (unpaired) electrons. The zero-order valence-electron chi connectivity index (χ0n) is 11.1. The molecular weight excluding hydrogens is 326 g/mol. The Morgan fingerprint density at radius 1 is 1.50 bits per heavy atom. The molecule has 0 amide bonds. The van der Waals surface area contributed by atoms with E-state index in [4.69, 9.17) is 0 Å². The van der Waals surface area contributed by atoms with Gasteiger partial charge in [-0.1, -0.05) is 0 Å². The molecule has 0 unspecified atom stereocenters. The maximum absolute atomic E-state index is 10.8. The lowest BCUT2D eigenvalue weighted by atomic mass is 10.2. The van der Waals surface area contributed by atoms with Crippen LogP contribution in [-0.2, 0) is 13.5 Å². The van der Waals surface area contributed by atoms with Crippen molar-refractivity contribution in [3.05, 3.63) is 44.4 Å². The number of hydrogen-bond donors (Lipinski definition) is 1. The molecule has 2 aromatic rings. The molecule has 0 bridgehead atoms. The zero-order valence-corrected chi connectivity index (χ0v) is 12.7. The second kappa shape index (κ2) is 6.00. The van der Waals surface area contributed by atoms with Gasteiger partial charge in [-0.3, -0.25) is 10.1 Å². The van der Waals surface area contributed by atoms with Gasteiger partial charge in [-0.15, -0.1) is 10.2 Å². The van der Waals surface area contributed by atoms with Crippen LogP contribution in [0.4, 0.5) is 11.4 Å². The van der Waals surface area contributed by atoms with Crippen LogP contribution >= 0.6 is 15.9 Å². The number of nitro groups is 1. The molecule has 2 rings (SSSR count). The second-order valence-electron chi connectivity index (χ2n) is 4.41. The number of anilines is 1. The van der Waals surface area contributed by atoms with Crippen LogP contribution in [0, 0.1) is 17.0 Å². The average molecular weight is 340 g/mol. The van der Waals surface area contributed by atoms with E-state index in [1.165, 1.54) is 6.07 Å². The summed E-state index contributed by atoms with van der Waals surface area (Å²) < 4.78 is 2.53. The smallest absolute Gasteiger partial charge is 0.273 e. The summed E-state index contributed by atoms with van der Waals surface area (Å²) in [5.74, 6) is 0.882. The lowest BCUT2D eigenvalue weighted by molar-refractivity contribution is -0.385. The molecule has 0 spiro atoms. The van der Waals surface area contributed by atoms with Crippen LogP contribution in [0.1, 0.15) is 11.4 Å².